The fourth-order valence-electron chi connectivity index (χ4n) is 2.59. The van der Waals surface area contributed by atoms with Gasteiger partial charge in [0.1, 0.15) is 12.7 Å². The summed E-state index contributed by atoms with van der Waals surface area (Å²) in [5.41, 5.74) is 7.39. The summed E-state index contributed by atoms with van der Waals surface area (Å²) in [7, 11) is 0. The van der Waals surface area contributed by atoms with Gasteiger partial charge in [-0.1, -0.05) is 41.4 Å². The van der Waals surface area contributed by atoms with Crippen molar-refractivity contribution in [2.45, 2.75) is 12.1 Å². The van der Waals surface area contributed by atoms with E-state index in [0.717, 1.165) is 6.08 Å². The Morgan fingerprint density at radius 3 is 2.33 bits per heavy atom. The third-order valence-electron chi connectivity index (χ3n) is 3.79. The molecule has 0 radical (unpaired) electrons. The molecule has 0 spiro atoms. The van der Waals surface area contributed by atoms with E-state index in [0.29, 0.717) is 16.9 Å². The van der Waals surface area contributed by atoms with Crippen molar-refractivity contribution in [3.63, 3.8) is 0 Å². The number of anilines is 1. The quantitative estimate of drug-likeness (QED) is 0.574. The van der Waals surface area contributed by atoms with Crippen molar-refractivity contribution in [3.05, 3.63) is 76.3 Å². The molecule has 2 aromatic carbocycles. The topological polar surface area (TPSA) is 56.7 Å². The summed E-state index contributed by atoms with van der Waals surface area (Å²) in [6.07, 6.45) is 0.734. The molecule has 0 aliphatic heterocycles. The monoisotopic (exact) mass is 412 g/mol. The average Bonchev–Trinajstić information content (AvgIpc) is 3.07. The Kier molecular flexibility index (Phi) is 5.43. The minimum Gasteiger partial charge on any atom is -0.397 e. The number of aromatic nitrogens is 3. The number of alkyl halides is 3. The molecule has 0 saturated heterocycles. The molecule has 140 valence electrons. The largest absolute Gasteiger partial charge is 0.399 e. The van der Waals surface area contributed by atoms with Crippen LogP contribution in [0.4, 0.5) is 18.9 Å². The minimum atomic E-state index is -4.50. The normalized spacial score (nSPS) is 13.2. The number of halogens is 5. The zero-order valence-corrected chi connectivity index (χ0v) is 15.2. The summed E-state index contributed by atoms with van der Waals surface area (Å²) in [4.78, 5) is 3.83. The second-order valence-electron chi connectivity index (χ2n) is 5.74. The second-order valence-corrected chi connectivity index (χ2v) is 6.61. The number of nitrogens with two attached hydrogens (primary N) is 1. The van der Waals surface area contributed by atoms with Gasteiger partial charge >= 0.3 is 6.18 Å². The Hall–Kier alpha value is -2.51. The van der Waals surface area contributed by atoms with E-state index in [1.54, 1.807) is 18.2 Å². The Bertz CT molecular complexity index is 949. The Labute approximate surface area is 163 Å². The van der Waals surface area contributed by atoms with Crippen molar-refractivity contribution in [2.75, 3.05) is 5.73 Å². The van der Waals surface area contributed by atoms with Gasteiger partial charge in [0.25, 0.3) is 0 Å². The molecule has 0 bridgehead atoms. The lowest BCUT2D eigenvalue weighted by Crippen LogP contribution is -2.18. The van der Waals surface area contributed by atoms with Crippen molar-refractivity contribution >= 4 is 35.0 Å². The molecule has 0 amide bonds. The zero-order valence-electron chi connectivity index (χ0n) is 13.7. The number of allylic oxidation sites excluding steroid dienone is 1. The van der Waals surface area contributed by atoms with Crippen LogP contribution in [0.25, 0.3) is 11.8 Å². The summed E-state index contributed by atoms with van der Waals surface area (Å²) in [6, 6.07) is 8.74. The maximum atomic E-state index is 13.5. The highest BCUT2D eigenvalue weighted by molar-refractivity contribution is 6.34. The van der Waals surface area contributed by atoms with E-state index in [2.05, 4.69) is 10.1 Å². The first-order valence-electron chi connectivity index (χ1n) is 7.69. The number of benzene rings is 2. The smallest absolute Gasteiger partial charge is 0.397 e. The van der Waals surface area contributed by atoms with Crippen molar-refractivity contribution in [1.29, 1.82) is 0 Å². The maximum Gasteiger partial charge on any atom is 0.399 e. The van der Waals surface area contributed by atoms with Gasteiger partial charge in [-0.25, -0.2) is 9.67 Å². The van der Waals surface area contributed by atoms with Crippen LogP contribution in [0.1, 0.15) is 17.0 Å². The van der Waals surface area contributed by atoms with Gasteiger partial charge in [0.05, 0.1) is 17.3 Å². The van der Waals surface area contributed by atoms with Crippen LogP contribution in [-0.4, -0.2) is 20.9 Å². The van der Waals surface area contributed by atoms with Crippen LogP contribution in [0.15, 0.2) is 55.1 Å². The van der Waals surface area contributed by atoms with Crippen LogP contribution in [0.2, 0.25) is 10.0 Å². The number of hydrogen-bond donors (Lipinski definition) is 1. The van der Waals surface area contributed by atoms with Crippen LogP contribution in [-0.2, 0) is 0 Å². The number of rotatable bonds is 4. The minimum absolute atomic E-state index is 0.0385. The van der Waals surface area contributed by atoms with E-state index in [-0.39, 0.29) is 15.6 Å². The summed E-state index contributed by atoms with van der Waals surface area (Å²) in [6.45, 7) is 0. The summed E-state index contributed by atoms with van der Waals surface area (Å²) >= 11 is 11.7. The highest BCUT2D eigenvalue weighted by atomic mass is 35.5. The molecule has 1 atom stereocenters. The average molecular weight is 413 g/mol. The van der Waals surface area contributed by atoms with E-state index in [1.165, 1.54) is 41.6 Å². The van der Waals surface area contributed by atoms with Crippen molar-refractivity contribution < 1.29 is 13.2 Å². The molecule has 1 unspecified atom stereocenters. The summed E-state index contributed by atoms with van der Waals surface area (Å²) in [5, 5.41) is 4.25. The zero-order chi connectivity index (χ0) is 19.6. The molecule has 0 saturated carbocycles. The first kappa shape index (κ1) is 19.3. The molecular formula is C18H13Cl2F3N4. The SMILES string of the molecule is Nc1cc(/C=C/C(c2cc(Cl)cc(Cl)c2)C(F)(F)F)ccc1-n1cncn1. The Balaban J connectivity index is 1.92. The number of hydrogen-bond acceptors (Lipinski definition) is 3. The van der Waals surface area contributed by atoms with Gasteiger partial charge in [0.15, 0.2) is 0 Å². The van der Waals surface area contributed by atoms with E-state index in [1.807, 2.05) is 0 Å². The van der Waals surface area contributed by atoms with Gasteiger partial charge in [-0.15, -0.1) is 0 Å². The van der Waals surface area contributed by atoms with E-state index in [4.69, 9.17) is 28.9 Å². The van der Waals surface area contributed by atoms with Gasteiger partial charge in [-0.3, -0.25) is 0 Å². The van der Waals surface area contributed by atoms with Crippen molar-refractivity contribution in [2.24, 2.45) is 0 Å². The van der Waals surface area contributed by atoms with Gasteiger partial charge in [-0.2, -0.15) is 18.3 Å². The molecule has 2 N–H and O–H groups in total. The maximum absolute atomic E-state index is 13.5. The van der Waals surface area contributed by atoms with Crippen LogP contribution in [0.5, 0.6) is 0 Å². The summed E-state index contributed by atoms with van der Waals surface area (Å²) in [5.74, 6) is -1.86. The lowest BCUT2D eigenvalue weighted by Gasteiger charge is -2.18. The molecule has 3 rings (SSSR count). The Morgan fingerprint density at radius 2 is 1.78 bits per heavy atom. The fraction of sp³-hybridized carbons (Fsp3) is 0.111. The van der Waals surface area contributed by atoms with Crippen molar-refractivity contribution in [1.82, 2.24) is 14.8 Å². The van der Waals surface area contributed by atoms with Crippen LogP contribution in [0.3, 0.4) is 0 Å². The molecule has 0 aliphatic rings. The third kappa shape index (κ3) is 4.61. The second kappa shape index (κ2) is 7.62. The highest BCUT2D eigenvalue weighted by Crippen LogP contribution is 2.38. The molecule has 0 aliphatic carbocycles. The van der Waals surface area contributed by atoms with E-state index in [9.17, 15) is 13.2 Å². The molecule has 4 nitrogen and oxygen atoms in total. The third-order valence-corrected chi connectivity index (χ3v) is 4.23. The first-order valence-corrected chi connectivity index (χ1v) is 8.45. The standard InChI is InChI=1S/C18H13Cl2F3N4/c19-13-6-12(7-14(20)8-13)15(18(21,22)23)3-1-11-2-4-17(16(24)5-11)27-10-25-9-26-27/h1-10,15H,24H2/b3-1+. The fourth-order valence-corrected chi connectivity index (χ4v) is 3.13. The van der Waals surface area contributed by atoms with Crippen LogP contribution >= 0.6 is 23.2 Å². The number of nitrogens with zero attached hydrogens (tertiary/aromatic N) is 3. The predicted molar refractivity (Wildman–Crippen MR) is 100 cm³/mol. The van der Waals surface area contributed by atoms with E-state index >= 15 is 0 Å². The van der Waals surface area contributed by atoms with Gasteiger partial charge < -0.3 is 5.73 Å². The molecular weight excluding hydrogens is 400 g/mol. The molecule has 9 heteroatoms. The lowest BCUT2D eigenvalue weighted by molar-refractivity contribution is -0.139. The van der Waals surface area contributed by atoms with Gasteiger partial charge in [-0.05, 0) is 41.5 Å². The van der Waals surface area contributed by atoms with E-state index < -0.39 is 12.1 Å². The molecule has 0 fully saturated rings. The highest BCUT2D eigenvalue weighted by Gasteiger charge is 2.39. The summed E-state index contributed by atoms with van der Waals surface area (Å²) < 4.78 is 42.0. The van der Waals surface area contributed by atoms with Gasteiger partial charge in [0, 0.05) is 10.0 Å². The first-order chi connectivity index (χ1) is 12.7. The van der Waals surface area contributed by atoms with Crippen LogP contribution in [0, 0.1) is 0 Å². The van der Waals surface area contributed by atoms with Crippen molar-refractivity contribution in [3.8, 4) is 5.69 Å². The molecule has 1 aromatic heterocycles. The number of nitrogen functional groups attached to an aromatic ring is 1. The molecule has 1 heterocycles. The molecule has 3 aromatic rings. The van der Waals surface area contributed by atoms with Gasteiger partial charge in [0.2, 0.25) is 0 Å². The predicted octanol–water partition coefficient (Wildman–Crippen LogP) is 5.52. The molecule has 27 heavy (non-hydrogen) atoms. The van der Waals surface area contributed by atoms with Crippen LogP contribution < -0.4 is 5.73 Å². The Morgan fingerprint density at radius 1 is 1.07 bits per heavy atom. The lowest BCUT2D eigenvalue weighted by atomic mass is 9.97.